The minimum Gasteiger partial charge on any atom is -0.295 e. The van der Waals surface area contributed by atoms with Crippen LogP contribution < -0.4 is 0 Å². The number of rotatable bonds is 5. The number of nitrogens with zero attached hydrogens (tertiary/aromatic N) is 3. The van der Waals surface area contributed by atoms with Crippen molar-refractivity contribution >= 4 is 43.4 Å². The molecule has 222 valence electrons. The first-order chi connectivity index (χ1) is 23.3. The number of aromatic nitrogens is 3. The van der Waals surface area contributed by atoms with Gasteiger partial charge in [-0.2, -0.15) is 0 Å². The Morgan fingerprint density at radius 2 is 1.21 bits per heavy atom. The van der Waals surface area contributed by atoms with Gasteiger partial charge in [0.15, 0.2) is 0 Å². The second kappa shape index (κ2) is 11.1. The molecule has 0 atom stereocenters. The van der Waals surface area contributed by atoms with Crippen LogP contribution in [0.1, 0.15) is 12.7 Å². The minimum atomic E-state index is 0.839. The van der Waals surface area contributed by atoms with Crippen LogP contribution in [-0.4, -0.2) is 14.5 Å². The standard InChI is InChI=1S/C44H31N3/c1-2-42-46-39-18-10-11-19-41(39)47(42)34-23-25-40(45-28-34)44-36-17-9-8-16-35(36)43(33-21-20-30-14-6-7-15-31(30)26-33)38-27-32(22-24-37(38)44)29-12-4-3-5-13-29/h3-28H,2H2,1H3. The van der Waals surface area contributed by atoms with Crippen molar-refractivity contribution in [1.82, 2.24) is 14.5 Å². The zero-order valence-electron chi connectivity index (χ0n) is 26.1. The molecule has 2 aromatic heterocycles. The third-order valence-corrected chi connectivity index (χ3v) is 9.38. The Morgan fingerprint density at radius 3 is 2.02 bits per heavy atom. The van der Waals surface area contributed by atoms with Crippen LogP contribution in [0.3, 0.4) is 0 Å². The lowest BCUT2D eigenvalue weighted by Gasteiger charge is -2.19. The summed E-state index contributed by atoms with van der Waals surface area (Å²) in [4.78, 5) is 10.1. The van der Waals surface area contributed by atoms with E-state index in [9.17, 15) is 0 Å². The Morgan fingerprint density at radius 1 is 0.511 bits per heavy atom. The van der Waals surface area contributed by atoms with E-state index < -0.39 is 0 Å². The van der Waals surface area contributed by atoms with Gasteiger partial charge in [-0.05, 0) is 91.0 Å². The zero-order valence-corrected chi connectivity index (χ0v) is 26.1. The van der Waals surface area contributed by atoms with Gasteiger partial charge in [0.25, 0.3) is 0 Å². The van der Waals surface area contributed by atoms with Crippen molar-refractivity contribution < 1.29 is 0 Å². The van der Waals surface area contributed by atoms with E-state index in [1.165, 1.54) is 54.6 Å². The molecule has 0 N–H and O–H groups in total. The third-order valence-electron chi connectivity index (χ3n) is 9.38. The van der Waals surface area contributed by atoms with Gasteiger partial charge in [0.1, 0.15) is 5.82 Å². The Labute approximate surface area is 273 Å². The van der Waals surface area contributed by atoms with Crippen molar-refractivity contribution in [2.75, 3.05) is 0 Å². The predicted molar refractivity (Wildman–Crippen MR) is 197 cm³/mol. The Balaban J connectivity index is 1.31. The fraction of sp³-hybridized carbons (Fsp3) is 0.0455. The summed E-state index contributed by atoms with van der Waals surface area (Å²) in [6.07, 6.45) is 2.84. The molecule has 9 aromatic rings. The van der Waals surface area contributed by atoms with Gasteiger partial charge in [-0.1, -0.05) is 122 Å². The molecule has 0 saturated carbocycles. The molecule has 7 aromatic carbocycles. The van der Waals surface area contributed by atoms with Gasteiger partial charge in [-0.3, -0.25) is 9.55 Å². The number of hydrogen-bond donors (Lipinski definition) is 0. The van der Waals surface area contributed by atoms with Crippen LogP contribution in [0, 0.1) is 0 Å². The number of aryl methyl sites for hydroxylation is 1. The topological polar surface area (TPSA) is 30.7 Å². The molecule has 0 aliphatic carbocycles. The van der Waals surface area contributed by atoms with Crippen molar-refractivity contribution in [3.05, 3.63) is 164 Å². The Bertz CT molecular complexity index is 2600. The van der Waals surface area contributed by atoms with Crippen molar-refractivity contribution in [1.29, 1.82) is 0 Å². The maximum absolute atomic E-state index is 5.16. The van der Waals surface area contributed by atoms with E-state index in [1.54, 1.807) is 0 Å². The first-order valence-corrected chi connectivity index (χ1v) is 16.2. The summed E-state index contributed by atoms with van der Waals surface area (Å²) < 4.78 is 2.23. The fourth-order valence-electron chi connectivity index (χ4n) is 7.19. The fourth-order valence-corrected chi connectivity index (χ4v) is 7.19. The van der Waals surface area contributed by atoms with Crippen molar-refractivity contribution in [2.45, 2.75) is 13.3 Å². The molecule has 2 heterocycles. The summed E-state index contributed by atoms with van der Waals surface area (Å²) in [5.74, 6) is 1.03. The lowest BCUT2D eigenvalue weighted by Crippen LogP contribution is -2.01. The molecular formula is C44H31N3. The highest BCUT2D eigenvalue weighted by Gasteiger charge is 2.19. The maximum atomic E-state index is 5.16. The van der Waals surface area contributed by atoms with Gasteiger partial charge in [0, 0.05) is 12.0 Å². The summed E-state index contributed by atoms with van der Waals surface area (Å²) in [6.45, 7) is 2.15. The van der Waals surface area contributed by atoms with E-state index in [-0.39, 0.29) is 0 Å². The van der Waals surface area contributed by atoms with Gasteiger partial charge in [-0.25, -0.2) is 4.98 Å². The minimum absolute atomic E-state index is 0.839. The Kier molecular flexibility index (Phi) is 6.43. The van der Waals surface area contributed by atoms with Crippen LogP contribution in [0.25, 0.3) is 82.5 Å². The quantitative estimate of drug-likeness (QED) is 0.184. The number of imidazole rings is 1. The molecule has 3 nitrogen and oxygen atoms in total. The van der Waals surface area contributed by atoms with E-state index >= 15 is 0 Å². The highest BCUT2D eigenvalue weighted by Crippen LogP contribution is 2.45. The van der Waals surface area contributed by atoms with Crippen molar-refractivity contribution in [3.63, 3.8) is 0 Å². The number of pyridine rings is 1. The van der Waals surface area contributed by atoms with Crippen LogP contribution in [0.5, 0.6) is 0 Å². The number of fused-ring (bicyclic) bond motifs is 4. The highest BCUT2D eigenvalue weighted by atomic mass is 15.1. The smallest absolute Gasteiger partial charge is 0.114 e. The molecule has 0 radical (unpaired) electrons. The van der Waals surface area contributed by atoms with Crippen LogP contribution >= 0.6 is 0 Å². The molecule has 0 bridgehead atoms. The molecule has 47 heavy (non-hydrogen) atoms. The maximum Gasteiger partial charge on any atom is 0.114 e. The van der Waals surface area contributed by atoms with Gasteiger partial charge in [0.2, 0.25) is 0 Å². The number of benzene rings is 7. The normalized spacial score (nSPS) is 11.6. The summed E-state index contributed by atoms with van der Waals surface area (Å²) in [6, 6.07) is 54.5. The average Bonchev–Trinajstić information content (AvgIpc) is 3.53. The highest BCUT2D eigenvalue weighted by molar-refractivity contribution is 6.22. The largest absolute Gasteiger partial charge is 0.295 e. The van der Waals surface area contributed by atoms with E-state index in [0.717, 1.165) is 40.2 Å². The first kappa shape index (κ1) is 27.3. The van der Waals surface area contributed by atoms with Crippen LogP contribution in [0.2, 0.25) is 0 Å². The monoisotopic (exact) mass is 601 g/mol. The number of para-hydroxylation sites is 2. The molecule has 0 unspecified atom stereocenters. The molecule has 9 rings (SSSR count). The van der Waals surface area contributed by atoms with E-state index in [1.807, 2.05) is 12.3 Å². The lowest BCUT2D eigenvalue weighted by atomic mass is 9.85. The predicted octanol–water partition coefficient (Wildman–Crippen LogP) is 11.4. The number of hydrogen-bond acceptors (Lipinski definition) is 2. The van der Waals surface area contributed by atoms with E-state index in [0.29, 0.717) is 0 Å². The van der Waals surface area contributed by atoms with Crippen LogP contribution in [0.15, 0.2) is 158 Å². The summed E-state index contributed by atoms with van der Waals surface area (Å²) in [7, 11) is 0. The molecular weight excluding hydrogens is 571 g/mol. The lowest BCUT2D eigenvalue weighted by molar-refractivity contribution is 0.904. The van der Waals surface area contributed by atoms with Crippen molar-refractivity contribution in [3.8, 4) is 39.2 Å². The van der Waals surface area contributed by atoms with Gasteiger partial charge in [-0.15, -0.1) is 0 Å². The van der Waals surface area contributed by atoms with E-state index in [4.69, 9.17) is 9.97 Å². The first-order valence-electron chi connectivity index (χ1n) is 16.2. The van der Waals surface area contributed by atoms with Gasteiger partial charge in [0.05, 0.1) is 28.6 Å². The molecule has 0 spiro atoms. The van der Waals surface area contributed by atoms with Gasteiger partial charge >= 0.3 is 0 Å². The molecule has 0 aliphatic rings. The molecule has 0 saturated heterocycles. The van der Waals surface area contributed by atoms with Crippen LogP contribution in [0.4, 0.5) is 0 Å². The second-order valence-electron chi connectivity index (χ2n) is 12.1. The van der Waals surface area contributed by atoms with E-state index in [2.05, 4.69) is 157 Å². The summed E-state index contributed by atoms with van der Waals surface area (Å²) >= 11 is 0. The SMILES string of the molecule is CCc1nc2ccccc2n1-c1ccc(-c2c3ccccc3c(-c3ccc4ccccc4c3)c3cc(-c4ccccc4)ccc23)nc1. The van der Waals surface area contributed by atoms with Crippen molar-refractivity contribution in [2.24, 2.45) is 0 Å². The van der Waals surface area contributed by atoms with Gasteiger partial charge < -0.3 is 0 Å². The molecule has 0 fully saturated rings. The average molecular weight is 602 g/mol. The molecule has 0 aliphatic heterocycles. The summed E-state index contributed by atoms with van der Waals surface area (Å²) in [5.41, 5.74) is 10.1. The molecule has 0 amide bonds. The zero-order chi connectivity index (χ0) is 31.3. The summed E-state index contributed by atoms with van der Waals surface area (Å²) in [5, 5.41) is 7.30. The second-order valence-corrected chi connectivity index (χ2v) is 12.1. The Hall–Kier alpha value is -6.06. The third kappa shape index (κ3) is 4.51. The van der Waals surface area contributed by atoms with Crippen LogP contribution in [-0.2, 0) is 6.42 Å². The molecule has 3 heteroatoms.